The zero-order valence-corrected chi connectivity index (χ0v) is 9.61. The van der Waals surface area contributed by atoms with Crippen molar-refractivity contribution < 1.29 is 4.79 Å². The van der Waals surface area contributed by atoms with Crippen molar-refractivity contribution in [1.29, 1.82) is 0 Å². The average Bonchev–Trinajstić information content (AvgIpc) is 2.19. The maximum absolute atomic E-state index is 10.5. The first kappa shape index (κ1) is 10.7. The summed E-state index contributed by atoms with van der Waals surface area (Å²) < 4.78 is 1.10. The minimum absolute atomic E-state index is 0.413. The third kappa shape index (κ3) is 3.46. The first-order valence-corrected chi connectivity index (χ1v) is 5.95. The lowest BCUT2D eigenvalue weighted by molar-refractivity contribution is -0.108. The summed E-state index contributed by atoms with van der Waals surface area (Å²) in [5, 5.41) is 0. The molecule has 13 heavy (non-hydrogen) atoms. The van der Waals surface area contributed by atoms with Crippen molar-refractivity contribution in [3.63, 3.8) is 0 Å². The van der Waals surface area contributed by atoms with Crippen LogP contribution in [0.25, 0.3) is 0 Å². The maximum atomic E-state index is 10.5. The predicted molar refractivity (Wildman–Crippen MR) is 63.4 cm³/mol. The molecule has 0 aliphatic rings. The molecule has 0 aromatic heterocycles. The van der Waals surface area contributed by atoms with Gasteiger partial charge in [0.25, 0.3) is 0 Å². The molecule has 0 amide bonds. The highest BCUT2D eigenvalue weighted by molar-refractivity contribution is 14.1. The van der Waals surface area contributed by atoms with Gasteiger partial charge in [0.1, 0.15) is 6.29 Å². The topological polar surface area (TPSA) is 17.1 Å². The van der Waals surface area contributed by atoms with E-state index in [4.69, 9.17) is 0 Å². The molecule has 1 nitrogen and oxygen atoms in total. The zero-order chi connectivity index (χ0) is 9.52. The van der Waals surface area contributed by atoms with Crippen LogP contribution in [0, 0.1) is 0 Å². The number of carbonyl (C=O) groups is 1. The van der Waals surface area contributed by atoms with Crippen molar-refractivity contribution in [1.82, 2.24) is 0 Å². The smallest absolute Gasteiger partial charge is 0.120 e. The van der Waals surface area contributed by atoms with Crippen LogP contribution in [-0.4, -0.2) is 10.7 Å². The zero-order valence-electron chi connectivity index (χ0n) is 7.45. The van der Waals surface area contributed by atoms with E-state index in [-0.39, 0.29) is 0 Å². The molecule has 1 aromatic carbocycles. The van der Waals surface area contributed by atoms with Crippen molar-refractivity contribution in [2.45, 2.75) is 18.8 Å². The van der Waals surface area contributed by atoms with E-state index in [0.717, 1.165) is 17.1 Å². The first-order chi connectivity index (χ1) is 6.38. The summed E-state index contributed by atoms with van der Waals surface area (Å²) in [7, 11) is 0. The molecular weight excluding hydrogens is 275 g/mol. The van der Waals surface area contributed by atoms with E-state index in [1.54, 1.807) is 0 Å². The van der Waals surface area contributed by atoms with Gasteiger partial charge >= 0.3 is 0 Å². The van der Waals surface area contributed by atoms with Crippen LogP contribution in [0.5, 0.6) is 0 Å². The Morgan fingerprint density at radius 2 is 2.00 bits per heavy atom. The molecule has 0 bridgehead atoms. The maximum Gasteiger partial charge on any atom is 0.120 e. The normalized spacial score (nSPS) is 12.4. The number of aldehydes is 1. The number of carbonyl (C=O) groups excluding carboxylic acids is 1. The summed E-state index contributed by atoms with van der Waals surface area (Å²) in [5.74, 6) is 0.413. The minimum Gasteiger partial charge on any atom is -0.303 e. The Labute approximate surface area is 92.7 Å². The lowest BCUT2D eigenvalue weighted by Crippen LogP contribution is -2.00. The Morgan fingerprint density at radius 1 is 1.31 bits per heavy atom. The number of alkyl halides is 1. The molecule has 1 unspecified atom stereocenters. The third-order valence-electron chi connectivity index (χ3n) is 2.11. The van der Waals surface area contributed by atoms with Gasteiger partial charge in [-0.3, -0.25) is 0 Å². The van der Waals surface area contributed by atoms with Crippen LogP contribution in [0.2, 0.25) is 0 Å². The summed E-state index contributed by atoms with van der Waals surface area (Å²) in [6.07, 6.45) is 2.75. The lowest BCUT2D eigenvalue weighted by Gasteiger charge is -2.12. The van der Waals surface area contributed by atoms with Gasteiger partial charge < -0.3 is 4.79 Å². The number of hydrogen-bond acceptors (Lipinski definition) is 1. The van der Waals surface area contributed by atoms with Gasteiger partial charge in [0.2, 0.25) is 0 Å². The van der Waals surface area contributed by atoms with E-state index in [9.17, 15) is 4.79 Å². The number of benzene rings is 1. The molecule has 1 rings (SSSR count). The summed E-state index contributed by atoms with van der Waals surface area (Å²) in [6.45, 7) is 0. The molecule has 2 heteroatoms. The Morgan fingerprint density at radius 3 is 2.54 bits per heavy atom. The van der Waals surface area contributed by atoms with Crippen molar-refractivity contribution >= 4 is 28.9 Å². The quantitative estimate of drug-likeness (QED) is 0.462. The molecule has 70 valence electrons. The second-order valence-electron chi connectivity index (χ2n) is 2.99. The molecule has 0 saturated heterocycles. The molecule has 0 N–H and O–H groups in total. The van der Waals surface area contributed by atoms with Gasteiger partial charge in [0.05, 0.1) is 0 Å². The highest BCUT2D eigenvalue weighted by Crippen LogP contribution is 2.22. The fourth-order valence-electron chi connectivity index (χ4n) is 1.39. The number of halogens is 1. The van der Waals surface area contributed by atoms with Crippen LogP contribution in [0.1, 0.15) is 24.3 Å². The van der Waals surface area contributed by atoms with Crippen molar-refractivity contribution in [3.8, 4) is 0 Å². The molecule has 1 atom stereocenters. The molecular formula is C11H13IO. The Balaban J connectivity index is 2.69. The Kier molecular flexibility index (Phi) is 5.05. The van der Waals surface area contributed by atoms with Gasteiger partial charge in [-0.05, 0) is 17.9 Å². The van der Waals surface area contributed by atoms with E-state index in [2.05, 4.69) is 34.7 Å². The summed E-state index contributed by atoms with van der Waals surface area (Å²) in [4.78, 5) is 10.5. The standard InChI is InChI=1S/C11H13IO/c12-8-6-11(7-9-13)10-4-2-1-3-5-10/h1-5,9,11H,6-8H2. The van der Waals surface area contributed by atoms with E-state index < -0.39 is 0 Å². The fraction of sp³-hybridized carbons (Fsp3) is 0.364. The van der Waals surface area contributed by atoms with E-state index >= 15 is 0 Å². The predicted octanol–water partition coefficient (Wildman–Crippen LogP) is 3.18. The SMILES string of the molecule is O=CCC(CCI)c1ccccc1. The van der Waals surface area contributed by atoms with E-state index in [1.165, 1.54) is 5.56 Å². The minimum atomic E-state index is 0.413. The monoisotopic (exact) mass is 288 g/mol. The second kappa shape index (κ2) is 6.13. The van der Waals surface area contributed by atoms with Crippen LogP contribution >= 0.6 is 22.6 Å². The van der Waals surface area contributed by atoms with Crippen LogP contribution in [0.4, 0.5) is 0 Å². The highest BCUT2D eigenvalue weighted by Gasteiger charge is 2.08. The second-order valence-corrected chi connectivity index (χ2v) is 4.07. The first-order valence-electron chi connectivity index (χ1n) is 4.43. The van der Waals surface area contributed by atoms with Gasteiger partial charge in [-0.25, -0.2) is 0 Å². The molecule has 0 fully saturated rings. The number of hydrogen-bond donors (Lipinski definition) is 0. The van der Waals surface area contributed by atoms with Gasteiger partial charge in [-0.15, -0.1) is 0 Å². The van der Waals surface area contributed by atoms with Crippen LogP contribution in [-0.2, 0) is 4.79 Å². The van der Waals surface area contributed by atoms with Crippen molar-refractivity contribution in [2.75, 3.05) is 4.43 Å². The molecule has 0 aliphatic heterocycles. The van der Waals surface area contributed by atoms with Crippen LogP contribution < -0.4 is 0 Å². The van der Waals surface area contributed by atoms with E-state index in [1.807, 2.05) is 18.2 Å². The summed E-state index contributed by atoms with van der Waals surface area (Å²) in [6, 6.07) is 10.3. The Bertz CT molecular complexity index is 246. The molecule has 0 aliphatic carbocycles. The van der Waals surface area contributed by atoms with E-state index in [0.29, 0.717) is 12.3 Å². The highest BCUT2D eigenvalue weighted by atomic mass is 127. The van der Waals surface area contributed by atoms with Crippen LogP contribution in [0.3, 0.4) is 0 Å². The third-order valence-corrected chi connectivity index (χ3v) is 2.73. The largest absolute Gasteiger partial charge is 0.303 e. The Hall–Kier alpha value is -0.380. The average molecular weight is 288 g/mol. The molecule has 0 spiro atoms. The molecule has 0 radical (unpaired) electrons. The van der Waals surface area contributed by atoms with Crippen molar-refractivity contribution in [2.24, 2.45) is 0 Å². The van der Waals surface area contributed by atoms with Gasteiger partial charge in [0, 0.05) is 10.8 Å². The lowest BCUT2D eigenvalue weighted by atomic mass is 9.94. The fourth-order valence-corrected chi connectivity index (χ4v) is 2.15. The molecule has 0 heterocycles. The molecule has 1 aromatic rings. The summed E-state index contributed by atoms with van der Waals surface area (Å²) >= 11 is 2.35. The van der Waals surface area contributed by atoms with Crippen molar-refractivity contribution in [3.05, 3.63) is 35.9 Å². The number of rotatable bonds is 5. The van der Waals surface area contributed by atoms with Crippen LogP contribution in [0.15, 0.2) is 30.3 Å². The van der Waals surface area contributed by atoms with Gasteiger partial charge in [-0.1, -0.05) is 52.9 Å². The van der Waals surface area contributed by atoms with Gasteiger partial charge in [-0.2, -0.15) is 0 Å². The molecule has 0 saturated carbocycles. The summed E-state index contributed by atoms with van der Waals surface area (Å²) in [5.41, 5.74) is 1.28. The van der Waals surface area contributed by atoms with Gasteiger partial charge in [0.15, 0.2) is 0 Å².